The van der Waals surface area contributed by atoms with Crippen molar-refractivity contribution in [2.45, 2.75) is 6.61 Å². The second-order valence-corrected chi connectivity index (χ2v) is 4.11. The first-order valence-electron chi connectivity index (χ1n) is 5.27. The van der Waals surface area contributed by atoms with Gasteiger partial charge in [0.15, 0.2) is 0 Å². The molecule has 0 heterocycles. The summed E-state index contributed by atoms with van der Waals surface area (Å²) in [6.45, 7) is 0.346. The van der Waals surface area contributed by atoms with Crippen molar-refractivity contribution in [3.05, 3.63) is 69.2 Å². The Bertz CT molecular complexity index is 554. The van der Waals surface area contributed by atoms with Crippen LogP contribution in [0.2, 0.25) is 5.02 Å². The third kappa shape index (κ3) is 3.21. The Balaban J connectivity index is 2.04. The summed E-state index contributed by atoms with van der Waals surface area (Å²) < 4.78 is 5.48. The van der Waals surface area contributed by atoms with Crippen LogP contribution in [0, 0.1) is 10.1 Å². The third-order valence-corrected chi connectivity index (χ3v) is 2.60. The molecule has 0 spiro atoms. The average Bonchev–Trinajstić information content (AvgIpc) is 2.38. The molecule has 0 saturated carbocycles. The predicted molar refractivity (Wildman–Crippen MR) is 68.9 cm³/mol. The molecule has 0 unspecified atom stereocenters. The number of benzene rings is 2. The number of hydrogen-bond acceptors (Lipinski definition) is 3. The van der Waals surface area contributed by atoms with E-state index in [4.69, 9.17) is 16.3 Å². The number of non-ortho nitro benzene ring substituents is 1. The Hall–Kier alpha value is -2.07. The number of hydrogen-bond donors (Lipinski definition) is 0. The van der Waals surface area contributed by atoms with Crippen molar-refractivity contribution < 1.29 is 9.66 Å². The van der Waals surface area contributed by atoms with Crippen molar-refractivity contribution in [3.8, 4) is 5.75 Å². The molecule has 2 rings (SSSR count). The van der Waals surface area contributed by atoms with E-state index < -0.39 is 4.92 Å². The number of nitrogens with zero attached hydrogens (tertiary/aromatic N) is 1. The molecule has 0 aliphatic rings. The Kier molecular flexibility index (Phi) is 3.79. The number of halogens is 1. The summed E-state index contributed by atoms with van der Waals surface area (Å²) in [5.74, 6) is 0.471. The Morgan fingerprint density at radius 2 is 1.89 bits per heavy atom. The van der Waals surface area contributed by atoms with Crippen LogP contribution in [0.15, 0.2) is 48.5 Å². The summed E-state index contributed by atoms with van der Waals surface area (Å²) in [5.41, 5.74) is 0.967. The van der Waals surface area contributed by atoms with E-state index in [2.05, 4.69) is 0 Å². The number of nitro groups is 1. The van der Waals surface area contributed by atoms with Gasteiger partial charge in [-0.3, -0.25) is 10.1 Å². The summed E-state index contributed by atoms with van der Waals surface area (Å²) in [6, 6.07) is 13.3. The summed E-state index contributed by atoms with van der Waals surface area (Å²) in [5, 5.41) is 11.3. The van der Waals surface area contributed by atoms with Crippen LogP contribution in [0.4, 0.5) is 5.69 Å². The highest BCUT2D eigenvalue weighted by atomic mass is 35.5. The molecule has 0 aliphatic carbocycles. The predicted octanol–water partition coefficient (Wildman–Crippen LogP) is 3.83. The quantitative estimate of drug-likeness (QED) is 0.622. The van der Waals surface area contributed by atoms with Gasteiger partial charge in [0.1, 0.15) is 12.4 Å². The van der Waals surface area contributed by atoms with Crippen LogP contribution in [-0.2, 0) is 6.61 Å². The van der Waals surface area contributed by atoms with Gasteiger partial charge in [0.05, 0.1) is 11.0 Å². The Morgan fingerprint density at radius 3 is 2.56 bits per heavy atom. The van der Waals surface area contributed by atoms with Gasteiger partial charge in [0.25, 0.3) is 5.69 Å². The molecule has 0 atom stereocenters. The molecule has 2 aromatic rings. The highest BCUT2D eigenvalue weighted by molar-refractivity contribution is 6.30. The fourth-order valence-corrected chi connectivity index (χ4v) is 1.56. The molecule has 4 nitrogen and oxygen atoms in total. The Morgan fingerprint density at radius 1 is 1.17 bits per heavy atom. The second-order valence-electron chi connectivity index (χ2n) is 3.67. The van der Waals surface area contributed by atoms with Crippen LogP contribution in [0.25, 0.3) is 0 Å². The van der Waals surface area contributed by atoms with Gasteiger partial charge in [-0.1, -0.05) is 29.8 Å². The van der Waals surface area contributed by atoms with Crippen molar-refractivity contribution >= 4 is 17.3 Å². The highest BCUT2D eigenvalue weighted by Gasteiger charge is 2.06. The maximum Gasteiger partial charge on any atom is 0.273 e. The fraction of sp³-hybridized carbons (Fsp3) is 0.0769. The lowest BCUT2D eigenvalue weighted by Gasteiger charge is -2.06. The summed E-state index contributed by atoms with van der Waals surface area (Å²) >= 11 is 5.77. The van der Waals surface area contributed by atoms with Crippen LogP contribution in [0.1, 0.15) is 5.56 Å². The molecule has 2 aromatic carbocycles. The molecule has 0 N–H and O–H groups in total. The Labute approximate surface area is 109 Å². The largest absolute Gasteiger partial charge is 0.489 e. The molecule has 0 bridgehead atoms. The van der Waals surface area contributed by atoms with E-state index in [1.165, 1.54) is 12.1 Å². The second kappa shape index (κ2) is 5.51. The van der Waals surface area contributed by atoms with Gasteiger partial charge in [-0.2, -0.15) is 0 Å². The van der Waals surface area contributed by atoms with Gasteiger partial charge in [0.2, 0.25) is 0 Å². The smallest absolute Gasteiger partial charge is 0.273 e. The molecule has 0 saturated heterocycles. The van der Waals surface area contributed by atoms with Crippen molar-refractivity contribution in [2.75, 3.05) is 0 Å². The average molecular weight is 264 g/mol. The molecule has 5 heteroatoms. The minimum atomic E-state index is -0.449. The van der Waals surface area contributed by atoms with E-state index in [0.29, 0.717) is 17.4 Å². The van der Waals surface area contributed by atoms with Gasteiger partial charge in [-0.25, -0.2) is 0 Å². The maximum atomic E-state index is 10.6. The molecule has 0 fully saturated rings. The van der Waals surface area contributed by atoms with E-state index >= 15 is 0 Å². The molecular weight excluding hydrogens is 254 g/mol. The molecule has 18 heavy (non-hydrogen) atoms. The zero-order chi connectivity index (χ0) is 13.0. The SMILES string of the molecule is O=[N+]([O-])c1cccc(OCc2ccc(Cl)cc2)c1. The molecule has 0 aliphatic heterocycles. The minimum absolute atomic E-state index is 0.0172. The first-order chi connectivity index (χ1) is 8.65. The standard InChI is InChI=1S/C13H10ClNO3/c14-11-6-4-10(5-7-11)9-18-13-3-1-2-12(8-13)15(16)17/h1-8H,9H2. The van der Waals surface area contributed by atoms with Gasteiger partial charge in [0, 0.05) is 11.1 Å². The summed E-state index contributed by atoms with van der Waals surface area (Å²) in [6.07, 6.45) is 0. The molecular formula is C13H10ClNO3. The molecule has 92 valence electrons. The monoisotopic (exact) mass is 263 g/mol. The van der Waals surface area contributed by atoms with Crippen molar-refractivity contribution in [2.24, 2.45) is 0 Å². The van der Waals surface area contributed by atoms with E-state index in [9.17, 15) is 10.1 Å². The highest BCUT2D eigenvalue weighted by Crippen LogP contribution is 2.20. The van der Waals surface area contributed by atoms with E-state index in [0.717, 1.165) is 5.56 Å². The topological polar surface area (TPSA) is 52.4 Å². The number of nitro benzene ring substituents is 1. The third-order valence-electron chi connectivity index (χ3n) is 2.35. The van der Waals surface area contributed by atoms with Gasteiger partial charge in [-0.15, -0.1) is 0 Å². The minimum Gasteiger partial charge on any atom is -0.489 e. The number of ether oxygens (including phenoxy) is 1. The lowest BCUT2D eigenvalue weighted by molar-refractivity contribution is -0.384. The lowest BCUT2D eigenvalue weighted by atomic mass is 10.2. The zero-order valence-electron chi connectivity index (χ0n) is 9.38. The van der Waals surface area contributed by atoms with Crippen molar-refractivity contribution in [3.63, 3.8) is 0 Å². The molecule has 0 amide bonds. The van der Waals surface area contributed by atoms with Crippen LogP contribution in [0.5, 0.6) is 5.75 Å². The fourth-order valence-electron chi connectivity index (χ4n) is 1.43. The van der Waals surface area contributed by atoms with Gasteiger partial charge in [-0.05, 0) is 23.8 Å². The normalized spacial score (nSPS) is 10.1. The van der Waals surface area contributed by atoms with Gasteiger partial charge < -0.3 is 4.74 Å². The molecule has 0 aromatic heterocycles. The number of rotatable bonds is 4. The first kappa shape index (κ1) is 12.4. The van der Waals surface area contributed by atoms with Crippen LogP contribution >= 0.6 is 11.6 Å². The zero-order valence-corrected chi connectivity index (χ0v) is 10.1. The van der Waals surface area contributed by atoms with Crippen LogP contribution < -0.4 is 4.74 Å². The van der Waals surface area contributed by atoms with Crippen molar-refractivity contribution in [1.29, 1.82) is 0 Å². The first-order valence-corrected chi connectivity index (χ1v) is 5.64. The van der Waals surface area contributed by atoms with Crippen LogP contribution in [0.3, 0.4) is 0 Å². The molecule has 0 radical (unpaired) electrons. The summed E-state index contributed by atoms with van der Waals surface area (Å²) in [4.78, 5) is 10.2. The maximum absolute atomic E-state index is 10.6. The van der Waals surface area contributed by atoms with E-state index in [-0.39, 0.29) is 5.69 Å². The summed E-state index contributed by atoms with van der Waals surface area (Å²) in [7, 11) is 0. The van der Waals surface area contributed by atoms with Gasteiger partial charge >= 0.3 is 0 Å². The van der Waals surface area contributed by atoms with Crippen LogP contribution in [-0.4, -0.2) is 4.92 Å². The van der Waals surface area contributed by atoms with Crippen molar-refractivity contribution in [1.82, 2.24) is 0 Å². The van der Waals surface area contributed by atoms with E-state index in [1.807, 2.05) is 12.1 Å². The lowest BCUT2D eigenvalue weighted by Crippen LogP contribution is -1.96. The van der Waals surface area contributed by atoms with E-state index in [1.54, 1.807) is 24.3 Å².